The minimum absolute atomic E-state index is 0. The molecule has 10 heavy (non-hydrogen) atoms. The summed E-state index contributed by atoms with van der Waals surface area (Å²) >= 11 is 0. The van der Waals surface area contributed by atoms with Crippen molar-refractivity contribution in [3.8, 4) is 0 Å². The SMILES string of the molecule is N.O=PO.O=P[O-].O=P[O-].[H+].[H+]. The van der Waals surface area contributed by atoms with Gasteiger partial charge in [-0.2, -0.15) is 0 Å². The van der Waals surface area contributed by atoms with Crippen molar-refractivity contribution in [3.05, 3.63) is 0 Å². The first-order chi connectivity index (χ1) is 4.24. The first-order valence-corrected chi connectivity index (χ1v) is 3.34. The Labute approximate surface area is 64.5 Å². The molecule has 0 aromatic rings. The van der Waals surface area contributed by atoms with Crippen molar-refractivity contribution in [3.63, 3.8) is 0 Å². The summed E-state index contributed by atoms with van der Waals surface area (Å²) in [5, 5.41) is 0. The highest BCUT2D eigenvalue weighted by atomic mass is 31.1. The summed E-state index contributed by atoms with van der Waals surface area (Å²) in [6, 6.07) is 0. The molecule has 0 heterocycles. The Morgan fingerprint density at radius 2 is 1.10 bits per heavy atom. The van der Waals surface area contributed by atoms with Gasteiger partial charge >= 0.3 is 11.5 Å². The third-order valence-corrected chi connectivity index (χ3v) is 0. The third-order valence-electron chi connectivity index (χ3n) is 0. The first kappa shape index (κ1) is 22.5. The molecule has 0 spiro atoms. The van der Waals surface area contributed by atoms with Gasteiger partial charge in [-0.05, 0) is 0 Å². The van der Waals surface area contributed by atoms with E-state index in [1.54, 1.807) is 0 Å². The average molecular weight is 209 g/mol. The molecule has 7 nitrogen and oxygen atoms in total. The van der Waals surface area contributed by atoms with Crippen LogP contribution < -0.4 is 15.9 Å². The van der Waals surface area contributed by atoms with Gasteiger partial charge in [-0.25, -0.2) is 4.57 Å². The lowest BCUT2D eigenvalue weighted by atomic mass is 14.0. The summed E-state index contributed by atoms with van der Waals surface area (Å²) < 4.78 is 25.2. The molecule has 0 aromatic heterocycles. The van der Waals surface area contributed by atoms with E-state index in [9.17, 15) is 0 Å². The molecule has 0 saturated carbocycles. The smallest absolute Gasteiger partial charge is 0.772 e. The van der Waals surface area contributed by atoms with Crippen LogP contribution in [0.3, 0.4) is 0 Å². The Bertz CT molecular complexity index is 57.5. The third kappa shape index (κ3) is 21200. The van der Waals surface area contributed by atoms with Crippen LogP contribution >= 0.6 is 26.1 Å². The van der Waals surface area contributed by atoms with Crippen molar-refractivity contribution in [2.75, 3.05) is 0 Å². The highest BCUT2D eigenvalue weighted by Gasteiger charge is 1.28. The molecule has 0 aliphatic heterocycles. The fraction of sp³-hybridized carbons (Fsp3) is 0. The Kier molecular flexibility index (Phi) is 138. The van der Waals surface area contributed by atoms with Gasteiger partial charge in [0.25, 0.3) is 0 Å². The van der Waals surface area contributed by atoms with Crippen LogP contribution in [0.25, 0.3) is 0 Å². The lowest BCUT2D eigenvalue weighted by Gasteiger charge is -1.57. The van der Waals surface area contributed by atoms with E-state index < -0.39 is 26.1 Å². The van der Waals surface area contributed by atoms with Crippen molar-refractivity contribution in [2.24, 2.45) is 0 Å². The van der Waals surface area contributed by atoms with Gasteiger partial charge in [-0.15, -0.1) is 0 Å². The highest BCUT2D eigenvalue weighted by molar-refractivity contribution is 7.16. The molecule has 0 unspecified atom stereocenters. The van der Waals surface area contributed by atoms with Crippen molar-refractivity contribution in [2.45, 2.75) is 0 Å². The van der Waals surface area contributed by atoms with Crippen LogP contribution in [0.4, 0.5) is 0 Å². The van der Waals surface area contributed by atoms with Crippen molar-refractivity contribution < 1.29 is 31.2 Å². The molecule has 0 amide bonds. The second kappa shape index (κ2) is 61.4. The van der Waals surface area contributed by atoms with Gasteiger partial charge in [-0.3, -0.25) is 9.13 Å². The van der Waals surface area contributed by atoms with Crippen molar-refractivity contribution >= 4 is 26.1 Å². The maximum absolute atomic E-state index is 8.46. The van der Waals surface area contributed by atoms with E-state index in [2.05, 4.69) is 0 Å². The molecule has 0 aliphatic rings. The largest absolute Gasteiger partial charge is 1.00 e. The fourth-order valence-electron chi connectivity index (χ4n) is 0. The first-order valence-electron chi connectivity index (χ1n) is 1.11. The van der Waals surface area contributed by atoms with Gasteiger partial charge in [0.15, 0.2) is 0 Å². The Morgan fingerprint density at radius 3 is 1.10 bits per heavy atom. The molecule has 0 aromatic carbocycles. The van der Waals surface area contributed by atoms with Crippen LogP contribution in [-0.4, -0.2) is 4.89 Å². The van der Waals surface area contributed by atoms with Gasteiger partial charge in [0.2, 0.25) is 0 Å². The van der Waals surface area contributed by atoms with Crippen LogP contribution in [0, 0.1) is 0 Å². The second-order valence-electron chi connectivity index (χ2n) is 0.231. The summed E-state index contributed by atoms with van der Waals surface area (Å²) in [7, 11) is -3.00. The van der Waals surface area contributed by atoms with Gasteiger partial charge in [-0.1, -0.05) is 0 Å². The predicted molar refractivity (Wildman–Crippen MR) is 32.3 cm³/mol. The summed E-state index contributed by atoms with van der Waals surface area (Å²) in [5.41, 5.74) is 0. The lowest BCUT2D eigenvalue weighted by molar-refractivity contribution is -0.155. The molecule has 0 radical (unpaired) electrons. The molecular weight excluding hydrogens is 203 g/mol. The molecule has 0 aliphatic carbocycles. The maximum Gasteiger partial charge on any atom is 1.00 e. The van der Waals surface area contributed by atoms with Gasteiger partial charge in [0, 0.05) is 0 Å². The van der Waals surface area contributed by atoms with Crippen molar-refractivity contribution in [1.29, 1.82) is 0 Å². The quantitative estimate of drug-likeness (QED) is 0.518. The van der Waals surface area contributed by atoms with Crippen LogP contribution in [0.1, 0.15) is 2.85 Å². The van der Waals surface area contributed by atoms with E-state index in [-0.39, 0.29) is 9.00 Å². The standard InChI is InChI=1S/H3N.3HO2P/c;3*1-3-2/h1H3;3*(H,1,2). The monoisotopic (exact) mass is 209 g/mol. The van der Waals surface area contributed by atoms with E-state index in [1.807, 2.05) is 0 Å². The number of hydrogen-bond donors (Lipinski definition) is 2. The number of rotatable bonds is 0. The fourth-order valence-corrected chi connectivity index (χ4v) is 0. The normalized spacial score (nSPS) is 6.30. The van der Waals surface area contributed by atoms with Gasteiger partial charge < -0.3 is 20.8 Å². The van der Waals surface area contributed by atoms with Crippen LogP contribution in [0.15, 0.2) is 0 Å². The zero-order valence-corrected chi connectivity index (χ0v) is 7.22. The summed E-state index contributed by atoms with van der Waals surface area (Å²) in [4.78, 5) is 23.7. The molecular formula is H6NO6P3. The van der Waals surface area contributed by atoms with Gasteiger partial charge in [0.05, 0.1) is 17.4 Å². The minimum atomic E-state index is -1.08. The second-order valence-corrected chi connectivity index (χ2v) is 0.692. The number of hydrogen-bond acceptors (Lipinski definition) is 6. The molecule has 0 rings (SSSR count). The lowest BCUT2D eigenvalue weighted by Crippen LogP contribution is -1.65. The predicted octanol–water partition coefficient (Wildman–Crippen LogP) is -0.321. The van der Waals surface area contributed by atoms with E-state index >= 15 is 0 Å². The average Bonchev–Trinajstić information content (AvgIpc) is 1.70. The Hall–Kier alpha value is 0.140. The van der Waals surface area contributed by atoms with E-state index in [1.165, 1.54) is 0 Å². The molecule has 0 fully saturated rings. The summed E-state index contributed by atoms with van der Waals surface area (Å²) in [6.07, 6.45) is 0. The maximum atomic E-state index is 8.46. The van der Waals surface area contributed by atoms with E-state index in [0.717, 1.165) is 0 Å². The molecule has 4 N–H and O–H groups in total. The molecule has 0 bridgehead atoms. The Balaban J connectivity index is -0.00000001000. The molecule has 0 atom stereocenters. The van der Waals surface area contributed by atoms with E-state index in [0.29, 0.717) is 0 Å². The van der Waals surface area contributed by atoms with Crippen LogP contribution in [0.2, 0.25) is 0 Å². The Morgan fingerprint density at radius 1 is 1.10 bits per heavy atom. The van der Waals surface area contributed by atoms with Gasteiger partial charge in [0.1, 0.15) is 0 Å². The molecule has 0 saturated heterocycles. The van der Waals surface area contributed by atoms with Crippen molar-refractivity contribution in [1.82, 2.24) is 6.15 Å². The minimum Gasteiger partial charge on any atom is -0.772 e. The van der Waals surface area contributed by atoms with Crippen LogP contribution in [0.5, 0.6) is 0 Å². The molecule has 10 heteroatoms. The summed E-state index contributed by atoms with van der Waals surface area (Å²) in [5.74, 6) is 0. The molecule has 62 valence electrons. The topological polar surface area (TPSA) is 153 Å². The highest BCUT2D eigenvalue weighted by Crippen LogP contribution is 1.66. The summed E-state index contributed by atoms with van der Waals surface area (Å²) in [6.45, 7) is 0. The van der Waals surface area contributed by atoms with E-state index in [4.69, 9.17) is 28.4 Å². The zero-order valence-electron chi connectivity index (χ0n) is 6.54. The zero-order chi connectivity index (χ0) is 8.12. The van der Waals surface area contributed by atoms with Crippen LogP contribution in [-0.2, 0) is 13.7 Å².